The molecular formula is C31H63. The van der Waals surface area contributed by atoms with E-state index < -0.39 is 0 Å². The Hall–Kier alpha value is 0. The molecule has 0 heteroatoms. The van der Waals surface area contributed by atoms with E-state index in [0.717, 1.165) is 12.3 Å². The zero-order valence-corrected chi connectivity index (χ0v) is 22.4. The first-order valence-electron chi connectivity index (χ1n) is 15.1. The van der Waals surface area contributed by atoms with Crippen molar-refractivity contribution in [2.75, 3.05) is 0 Å². The highest BCUT2D eigenvalue weighted by atomic mass is 14.1. The molecule has 0 aliphatic rings. The van der Waals surface area contributed by atoms with Crippen LogP contribution in [0.15, 0.2) is 0 Å². The Labute approximate surface area is 200 Å². The van der Waals surface area contributed by atoms with Crippen molar-refractivity contribution in [3.63, 3.8) is 0 Å². The highest BCUT2D eigenvalue weighted by molar-refractivity contribution is 4.62. The molecule has 0 saturated heterocycles. The molecule has 0 saturated carbocycles. The third-order valence-corrected chi connectivity index (χ3v) is 7.34. The Kier molecular flexibility index (Phi) is 28.0. The predicted molar refractivity (Wildman–Crippen MR) is 145 cm³/mol. The SMILES string of the molecule is [CH2]CC(CCCCCCC)CCCCCCCCCCCCCCCCCCCCC. The molecule has 0 aromatic heterocycles. The van der Waals surface area contributed by atoms with Crippen LogP contribution in [0.5, 0.6) is 0 Å². The predicted octanol–water partition coefficient (Wildman–Crippen LogP) is 12.0. The molecule has 0 bridgehead atoms. The number of hydrogen-bond donors (Lipinski definition) is 0. The van der Waals surface area contributed by atoms with E-state index in [4.69, 9.17) is 0 Å². The normalized spacial score (nSPS) is 12.5. The Bertz CT molecular complexity index is 294. The minimum absolute atomic E-state index is 0.910. The fraction of sp³-hybridized carbons (Fsp3) is 0.968. The Balaban J connectivity index is 3.17. The number of rotatable bonds is 27. The van der Waals surface area contributed by atoms with Crippen molar-refractivity contribution >= 4 is 0 Å². The summed E-state index contributed by atoms with van der Waals surface area (Å²) in [5, 5.41) is 0. The van der Waals surface area contributed by atoms with Gasteiger partial charge in [0.15, 0.2) is 0 Å². The second-order valence-corrected chi connectivity index (χ2v) is 10.5. The van der Waals surface area contributed by atoms with Gasteiger partial charge in [0.2, 0.25) is 0 Å². The third kappa shape index (κ3) is 26.1. The maximum atomic E-state index is 4.20. The van der Waals surface area contributed by atoms with E-state index in [9.17, 15) is 0 Å². The van der Waals surface area contributed by atoms with Crippen LogP contribution in [0.3, 0.4) is 0 Å². The van der Waals surface area contributed by atoms with Gasteiger partial charge in [-0.05, 0) is 5.92 Å². The van der Waals surface area contributed by atoms with Gasteiger partial charge < -0.3 is 0 Å². The van der Waals surface area contributed by atoms with Gasteiger partial charge in [0, 0.05) is 0 Å². The molecule has 0 aliphatic heterocycles. The van der Waals surface area contributed by atoms with Crippen LogP contribution in [0.25, 0.3) is 0 Å². The van der Waals surface area contributed by atoms with Crippen LogP contribution < -0.4 is 0 Å². The molecule has 0 aromatic rings. The average molecular weight is 436 g/mol. The lowest BCUT2D eigenvalue weighted by molar-refractivity contribution is 0.405. The molecule has 187 valence electrons. The van der Waals surface area contributed by atoms with Crippen molar-refractivity contribution in [3.05, 3.63) is 6.92 Å². The van der Waals surface area contributed by atoms with E-state index in [1.807, 2.05) is 0 Å². The topological polar surface area (TPSA) is 0 Å². The smallest absolute Gasteiger partial charge is 0.0414 e. The molecule has 0 N–H and O–H groups in total. The second kappa shape index (κ2) is 28.0. The number of unbranched alkanes of at least 4 members (excludes halogenated alkanes) is 22. The van der Waals surface area contributed by atoms with Gasteiger partial charge in [-0.1, -0.05) is 194 Å². The highest BCUT2D eigenvalue weighted by Crippen LogP contribution is 2.21. The van der Waals surface area contributed by atoms with Crippen molar-refractivity contribution in [3.8, 4) is 0 Å². The van der Waals surface area contributed by atoms with Crippen LogP contribution in [0.1, 0.15) is 187 Å². The lowest BCUT2D eigenvalue weighted by atomic mass is 9.92. The summed E-state index contributed by atoms with van der Waals surface area (Å²) < 4.78 is 0. The van der Waals surface area contributed by atoms with Crippen LogP contribution in [0, 0.1) is 12.8 Å². The average Bonchev–Trinajstić information content (AvgIpc) is 2.79. The van der Waals surface area contributed by atoms with Gasteiger partial charge in [0.05, 0.1) is 0 Å². The Morgan fingerprint density at radius 2 is 0.581 bits per heavy atom. The Morgan fingerprint density at radius 3 is 0.806 bits per heavy atom. The van der Waals surface area contributed by atoms with Crippen LogP contribution in [-0.2, 0) is 0 Å². The standard InChI is InChI=1S/C31H63/c1-4-7-9-11-12-13-14-15-16-17-18-19-20-21-22-23-24-26-28-30-31(6-3)29-27-25-10-8-5-2/h31H,3-30H2,1-2H3. The summed E-state index contributed by atoms with van der Waals surface area (Å²) in [6.45, 7) is 8.81. The van der Waals surface area contributed by atoms with Crippen LogP contribution in [-0.4, -0.2) is 0 Å². The fourth-order valence-corrected chi connectivity index (χ4v) is 4.98. The molecule has 0 fully saturated rings. The van der Waals surface area contributed by atoms with Crippen molar-refractivity contribution in [2.24, 2.45) is 5.92 Å². The summed E-state index contributed by atoms with van der Waals surface area (Å²) in [6, 6.07) is 0. The van der Waals surface area contributed by atoms with Crippen LogP contribution in [0.2, 0.25) is 0 Å². The minimum Gasteiger partial charge on any atom is -0.0654 e. The molecule has 1 unspecified atom stereocenters. The molecule has 1 radical (unpaired) electrons. The van der Waals surface area contributed by atoms with E-state index >= 15 is 0 Å². The first kappa shape index (κ1) is 31.0. The lowest BCUT2D eigenvalue weighted by Gasteiger charge is -2.14. The summed E-state index contributed by atoms with van der Waals surface area (Å²) in [5.74, 6) is 0.910. The van der Waals surface area contributed by atoms with Gasteiger partial charge in [-0.25, -0.2) is 0 Å². The van der Waals surface area contributed by atoms with E-state index in [0.29, 0.717) is 0 Å². The summed E-state index contributed by atoms with van der Waals surface area (Å²) in [7, 11) is 0. The lowest BCUT2D eigenvalue weighted by Crippen LogP contribution is -1.99. The zero-order chi connectivity index (χ0) is 22.7. The van der Waals surface area contributed by atoms with Crippen molar-refractivity contribution in [2.45, 2.75) is 187 Å². The maximum Gasteiger partial charge on any atom is -0.0414 e. The molecule has 0 aliphatic carbocycles. The molecule has 0 spiro atoms. The van der Waals surface area contributed by atoms with E-state index in [2.05, 4.69) is 20.8 Å². The van der Waals surface area contributed by atoms with Gasteiger partial charge in [-0.3, -0.25) is 0 Å². The molecule has 0 nitrogen and oxygen atoms in total. The summed E-state index contributed by atoms with van der Waals surface area (Å²) in [5.41, 5.74) is 0. The maximum absolute atomic E-state index is 4.20. The van der Waals surface area contributed by atoms with Gasteiger partial charge in [0.1, 0.15) is 0 Å². The highest BCUT2D eigenvalue weighted by Gasteiger charge is 2.05. The van der Waals surface area contributed by atoms with Crippen molar-refractivity contribution in [1.29, 1.82) is 0 Å². The molecule has 0 rings (SSSR count). The second-order valence-electron chi connectivity index (χ2n) is 10.5. The quantitative estimate of drug-likeness (QED) is 0.112. The summed E-state index contributed by atoms with van der Waals surface area (Å²) >= 11 is 0. The van der Waals surface area contributed by atoms with E-state index in [-0.39, 0.29) is 0 Å². The Morgan fingerprint density at radius 1 is 0.355 bits per heavy atom. The van der Waals surface area contributed by atoms with Gasteiger partial charge >= 0.3 is 0 Å². The van der Waals surface area contributed by atoms with E-state index in [1.54, 1.807) is 0 Å². The van der Waals surface area contributed by atoms with Gasteiger partial charge in [0.25, 0.3) is 0 Å². The number of hydrogen-bond acceptors (Lipinski definition) is 0. The molecule has 1 atom stereocenters. The fourth-order valence-electron chi connectivity index (χ4n) is 4.98. The largest absolute Gasteiger partial charge is 0.0654 e. The first-order chi connectivity index (χ1) is 15.3. The van der Waals surface area contributed by atoms with E-state index in [1.165, 1.54) is 167 Å². The molecule has 31 heavy (non-hydrogen) atoms. The van der Waals surface area contributed by atoms with Crippen molar-refractivity contribution < 1.29 is 0 Å². The van der Waals surface area contributed by atoms with Gasteiger partial charge in [-0.15, -0.1) is 0 Å². The molecule has 0 aromatic carbocycles. The first-order valence-corrected chi connectivity index (χ1v) is 15.1. The van der Waals surface area contributed by atoms with Crippen LogP contribution >= 0.6 is 0 Å². The molecule has 0 heterocycles. The molecular weight excluding hydrogens is 372 g/mol. The van der Waals surface area contributed by atoms with Crippen LogP contribution in [0.4, 0.5) is 0 Å². The van der Waals surface area contributed by atoms with Crippen molar-refractivity contribution in [1.82, 2.24) is 0 Å². The summed E-state index contributed by atoms with van der Waals surface area (Å²) in [6.07, 6.45) is 39.1. The summed E-state index contributed by atoms with van der Waals surface area (Å²) in [4.78, 5) is 0. The van der Waals surface area contributed by atoms with Gasteiger partial charge in [-0.2, -0.15) is 0 Å². The third-order valence-electron chi connectivity index (χ3n) is 7.34. The zero-order valence-electron chi connectivity index (χ0n) is 22.4. The monoisotopic (exact) mass is 435 g/mol. The minimum atomic E-state index is 0.910. The molecule has 0 amide bonds.